The first-order valence-corrected chi connectivity index (χ1v) is 6.56. The molecule has 4 nitrogen and oxygen atoms in total. The molecule has 2 atom stereocenters. The largest absolute Gasteiger partial charge is 0.356 e. The first-order chi connectivity index (χ1) is 9.52. The predicted molar refractivity (Wildman–Crippen MR) is 69.9 cm³/mol. The second-order valence-corrected chi connectivity index (χ2v) is 4.85. The van der Waals surface area contributed by atoms with Crippen LogP contribution in [0.25, 0.3) is 0 Å². The average Bonchev–Trinajstić information content (AvgIpc) is 3.19. The van der Waals surface area contributed by atoms with Crippen LogP contribution in [0.15, 0.2) is 18.2 Å². The molecule has 1 saturated carbocycles. The summed E-state index contributed by atoms with van der Waals surface area (Å²) < 4.78 is 26.1. The van der Waals surface area contributed by atoms with E-state index in [-0.39, 0.29) is 17.5 Å². The molecule has 0 aliphatic heterocycles. The van der Waals surface area contributed by atoms with Gasteiger partial charge in [-0.05, 0) is 25.0 Å². The van der Waals surface area contributed by atoms with Crippen molar-refractivity contribution in [2.24, 2.45) is 11.8 Å². The minimum atomic E-state index is -0.828. The lowest BCUT2D eigenvalue weighted by Crippen LogP contribution is -2.28. The second kappa shape index (κ2) is 5.98. The lowest BCUT2D eigenvalue weighted by atomic mass is 10.2. The molecular weight excluding hydrogens is 266 g/mol. The maximum Gasteiger partial charge on any atom is 0.228 e. The molecule has 1 aromatic carbocycles. The van der Waals surface area contributed by atoms with Crippen molar-refractivity contribution >= 4 is 17.5 Å². The fraction of sp³-hybridized carbons (Fsp3) is 0.429. The third kappa shape index (κ3) is 3.31. The number of hydrogen-bond donors (Lipinski definition) is 2. The molecule has 0 bridgehead atoms. The van der Waals surface area contributed by atoms with Crippen LogP contribution in [-0.2, 0) is 9.59 Å². The van der Waals surface area contributed by atoms with Gasteiger partial charge in [-0.25, -0.2) is 8.78 Å². The highest BCUT2D eigenvalue weighted by Crippen LogP contribution is 2.39. The number of hydrogen-bond acceptors (Lipinski definition) is 2. The maximum absolute atomic E-state index is 13.4. The van der Waals surface area contributed by atoms with Crippen LogP contribution in [0.4, 0.5) is 14.5 Å². The molecule has 2 N–H and O–H groups in total. The van der Waals surface area contributed by atoms with Crippen molar-refractivity contribution in [3.05, 3.63) is 29.8 Å². The molecule has 0 saturated heterocycles. The molecule has 1 aromatic rings. The fourth-order valence-electron chi connectivity index (χ4n) is 1.97. The molecule has 0 spiro atoms. The summed E-state index contributed by atoms with van der Waals surface area (Å²) in [5.41, 5.74) is -0.0731. The van der Waals surface area contributed by atoms with Gasteiger partial charge in [-0.1, -0.05) is 6.92 Å². The quantitative estimate of drug-likeness (QED) is 0.868. The molecular formula is C14H16F2N2O2. The lowest BCUT2D eigenvalue weighted by molar-refractivity contribution is -0.125. The molecule has 1 fully saturated rings. The van der Waals surface area contributed by atoms with E-state index < -0.39 is 23.5 Å². The third-order valence-corrected chi connectivity index (χ3v) is 3.20. The van der Waals surface area contributed by atoms with Crippen LogP contribution in [0.1, 0.15) is 19.8 Å². The van der Waals surface area contributed by atoms with Crippen molar-refractivity contribution in [3.8, 4) is 0 Å². The molecule has 20 heavy (non-hydrogen) atoms. The predicted octanol–water partition coefficient (Wildman–Crippen LogP) is 2.07. The van der Waals surface area contributed by atoms with E-state index in [0.717, 1.165) is 18.6 Å². The van der Waals surface area contributed by atoms with E-state index in [1.165, 1.54) is 0 Å². The van der Waals surface area contributed by atoms with Gasteiger partial charge in [0.2, 0.25) is 11.8 Å². The normalized spacial score (nSPS) is 20.4. The van der Waals surface area contributed by atoms with Gasteiger partial charge in [0, 0.05) is 12.6 Å². The smallest absolute Gasteiger partial charge is 0.228 e. The summed E-state index contributed by atoms with van der Waals surface area (Å²) in [6.07, 6.45) is 1.29. The molecule has 0 heterocycles. The summed E-state index contributed by atoms with van der Waals surface area (Å²) in [5.74, 6) is -2.87. The van der Waals surface area contributed by atoms with Crippen LogP contribution in [0.5, 0.6) is 0 Å². The summed E-state index contributed by atoms with van der Waals surface area (Å²) >= 11 is 0. The first kappa shape index (κ1) is 14.4. The molecule has 0 radical (unpaired) electrons. The van der Waals surface area contributed by atoms with Crippen molar-refractivity contribution in [2.75, 3.05) is 11.9 Å². The number of anilines is 1. The Kier molecular flexibility index (Phi) is 4.32. The number of nitrogens with one attached hydrogen (secondary N) is 2. The first-order valence-electron chi connectivity index (χ1n) is 6.56. The van der Waals surface area contributed by atoms with E-state index in [4.69, 9.17) is 0 Å². The van der Waals surface area contributed by atoms with E-state index in [2.05, 4.69) is 10.6 Å². The Hall–Kier alpha value is -1.98. The summed E-state index contributed by atoms with van der Waals surface area (Å²) in [4.78, 5) is 23.5. The SMILES string of the molecule is CCCNC(=O)C1CC1C(=O)Nc1ccc(F)cc1F. The van der Waals surface area contributed by atoms with Gasteiger partial charge < -0.3 is 10.6 Å². The molecule has 1 aliphatic rings. The number of rotatable bonds is 5. The summed E-state index contributed by atoms with van der Waals surface area (Å²) in [6.45, 7) is 2.52. The molecule has 2 unspecified atom stereocenters. The number of benzene rings is 1. The molecule has 1 aliphatic carbocycles. The van der Waals surface area contributed by atoms with Gasteiger partial charge in [0.25, 0.3) is 0 Å². The van der Waals surface area contributed by atoms with Crippen LogP contribution >= 0.6 is 0 Å². The van der Waals surface area contributed by atoms with E-state index in [0.29, 0.717) is 19.0 Å². The summed E-state index contributed by atoms with van der Waals surface area (Å²) in [7, 11) is 0. The molecule has 2 rings (SSSR count). The van der Waals surface area contributed by atoms with E-state index in [1.54, 1.807) is 0 Å². The number of halogens is 2. The van der Waals surface area contributed by atoms with Crippen molar-refractivity contribution < 1.29 is 18.4 Å². The van der Waals surface area contributed by atoms with Gasteiger partial charge in [0.1, 0.15) is 11.6 Å². The van der Waals surface area contributed by atoms with Crippen molar-refractivity contribution in [3.63, 3.8) is 0 Å². The zero-order valence-corrected chi connectivity index (χ0v) is 11.1. The Balaban J connectivity index is 1.89. The Labute approximate surface area is 115 Å². The molecule has 0 aromatic heterocycles. The Morgan fingerprint density at radius 3 is 2.60 bits per heavy atom. The fourth-order valence-corrected chi connectivity index (χ4v) is 1.97. The van der Waals surface area contributed by atoms with E-state index >= 15 is 0 Å². The number of amides is 2. The monoisotopic (exact) mass is 282 g/mol. The van der Waals surface area contributed by atoms with Crippen molar-refractivity contribution in [1.29, 1.82) is 0 Å². The Bertz CT molecular complexity index is 534. The zero-order chi connectivity index (χ0) is 14.7. The van der Waals surface area contributed by atoms with Gasteiger partial charge in [-0.3, -0.25) is 9.59 Å². The van der Waals surface area contributed by atoms with E-state index in [9.17, 15) is 18.4 Å². The van der Waals surface area contributed by atoms with Gasteiger partial charge >= 0.3 is 0 Å². The van der Waals surface area contributed by atoms with Gasteiger partial charge in [-0.2, -0.15) is 0 Å². The number of carbonyl (C=O) groups excluding carboxylic acids is 2. The zero-order valence-electron chi connectivity index (χ0n) is 11.1. The van der Waals surface area contributed by atoms with Gasteiger partial charge in [0.15, 0.2) is 0 Å². The average molecular weight is 282 g/mol. The second-order valence-electron chi connectivity index (χ2n) is 4.85. The summed E-state index contributed by atoms with van der Waals surface area (Å²) in [5, 5.41) is 5.10. The topological polar surface area (TPSA) is 58.2 Å². The van der Waals surface area contributed by atoms with Crippen LogP contribution in [0.3, 0.4) is 0 Å². The Morgan fingerprint density at radius 2 is 1.95 bits per heavy atom. The standard InChI is InChI=1S/C14H16F2N2O2/c1-2-5-17-13(19)9-7-10(9)14(20)18-12-4-3-8(15)6-11(12)16/h3-4,6,9-10H,2,5,7H2,1H3,(H,17,19)(H,18,20). The highest BCUT2D eigenvalue weighted by molar-refractivity contribution is 5.99. The van der Waals surface area contributed by atoms with Crippen LogP contribution in [-0.4, -0.2) is 18.4 Å². The highest BCUT2D eigenvalue weighted by Gasteiger charge is 2.47. The molecule has 6 heteroatoms. The van der Waals surface area contributed by atoms with Gasteiger partial charge in [-0.15, -0.1) is 0 Å². The third-order valence-electron chi connectivity index (χ3n) is 3.20. The Morgan fingerprint density at radius 1 is 1.25 bits per heavy atom. The van der Waals surface area contributed by atoms with Crippen LogP contribution < -0.4 is 10.6 Å². The molecule has 108 valence electrons. The van der Waals surface area contributed by atoms with Crippen molar-refractivity contribution in [1.82, 2.24) is 5.32 Å². The minimum Gasteiger partial charge on any atom is -0.356 e. The van der Waals surface area contributed by atoms with Crippen molar-refractivity contribution in [2.45, 2.75) is 19.8 Å². The lowest BCUT2D eigenvalue weighted by Gasteiger charge is -2.06. The number of carbonyl (C=O) groups is 2. The summed E-state index contributed by atoms with van der Waals surface area (Å²) in [6, 6.07) is 2.93. The minimum absolute atomic E-state index is 0.0731. The maximum atomic E-state index is 13.4. The van der Waals surface area contributed by atoms with Crippen LogP contribution in [0, 0.1) is 23.5 Å². The molecule has 2 amide bonds. The van der Waals surface area contributed by atoms with Gasteiger partial charge in [0.05, 0.1) is 17.5 Å². The highest BCUT2D eigenvalue weighted by atomic mass is 19.1. The van der Waals surface area contributed by atoms with E-state index in [1.807, 2.05) is 6.92 Å². The van der Waals surface area contributed by atoms with Crippen LogP contribution in [0.2, 0.25) is 0 Å².